The van der Waals surface area contributed by atoms with E-state index in [9.17, 15) is 20.4 Å². The van der Waals surface area contributed by atoms with Gasteiger partial charge in [0.25, 0.3) is 0 Å². The van der Waals surface area contributed by atoms with Crippen LogP contribution in [0.5, 0.6) is 34.5 Å². The van der Waals surface area contributed by atoms with Crippen molar-refractivity contribution in [1.29, 1.82) is 0 Å². The Morgan fingerprint density at radius 1 is 0.646 bits per heavy atom. The third-order valence-electron chi connectivity index (χ3n) is 11.0. The van der Waals surface area contributed by atoms with Crippen LogP contribution in [-0.4, -0.2) is 34.6 Å². The first-order chi connectivity index (χ1) is 23.0. The SMILES string of the molecule is C=C1[C@@H](c2ccc(O)c(C)c2)O[C@@H](c2ccc(OC)c(O)c2)[C@@]12CCC1C(C2)[C@@H](c2ccc(O)c(OC)c2)O[C@H]1c1ccc(O)c(C)c1. The van der Waals surface area contributed by atoms with Gasteiger partial charge in [-0.1, -0.05) is 30.8 Å². The fraction of sp³-hybridized carbons (Fsp3) is 0.350. The van der Waals surface area contributed by atoms with E-state index in [2.05, 4.69) is 0 Å². The average Bonchev–Trinajstić information content (AvgIpc) is 3.59. The Balaban J connectivity index is 1.34. The van der Waals surface area contributed by atoms with E-state index in [1.165, 1.54) is 14.2 Å². The van der Waals surface area contributed by atoms with Crippen LogP contribution in [-0.2, 0) is 9.47 Å². The van der Waals surface area contributed by atoms with Crippen LogP contribution in [0, 0.1) is 31.1 Å². The van der Waals surface area contributed by atoms with E-state index in [-0.39, 0.29) is 47.0 Å². The molecule has 4 N–H and O–H groups in total. The number of hydrogen-bond donors (Lipinski definition) is 4. The summed E-state index contributed by atoms with van der Waals surface area (Å²) in [6.07, 6.45) is 0.902. The van der Waals surface area contributed by atoms with Gasteiger partial charge in [-0.05, 0) is 132 Å². The average molecular weight is 651 g/mol. The van der Waals surface area contributed by atoms with Gasteiger partial charge in [-0.15, -0.1) is 0 Å². The Labute approximate surface area is 280 Å². The summed E-state index contributed by atoms with van der Waals surface area (Å²) in [6, 6.07) is 22.0. The molecule has 250 valence electrons. The number of benzene rings is 4. The largest absolute Gasteiger partial charge is 0.508 e. The monoisotopic (exact) mass is 650 g/mol. The molecule has 0 radical (unpaired) electrons. The molecule has 1 saturated carbocycles. The standard InChI is InChI=1S/C40H42O8/c1-21-16-24(6-10-30(21)41)36-23(3)40(39(48-36)27-9-13-34(45-4)33(44)18-27)15-14-28-29(20-40)38(26-8-12-32(43)35(19-26)46-5)47-37(28)25-7-11-31(42)22(2)17-25/h6-13,16-19,28-29,36-39,41-44H,3,14-15,20H2,1-2,4-5H3/t28?,29?,36-,37-,38+,39-,40+/m0/s1. The molecule has 0 aromatic heterocycles. The van der Waals surface area contributed by atoms with Crippen molar-refractivity contribution >= 4 is 0 Å². The Bertz CT molecular complexity index is 1880. The summed E-state index contributed by atoms with van der Waals surface area (Å²) in [5.74, 6) is 1.51. The number of rotatable bonds is 6. The highest BCUT2D eigenvalue weighted by atomic mass is 16.5. The topological polar surface area (TPSA) is 118 Å². The van der Waals surface area contributed by atoms with Crippen LogP contribution in [0.4, 0.5) is 0 Å². The van der Waals surface area contributed by atoms with Gasteiger partial charge in [0, 0.05) is 5.41 Å². The van der Waals surface area contributed by atoms with Gasteiger partial charge < -0.3 is 39.4 Å². The number of aryl methyl sites for hydroxylation is 2. The minimum absolute atomic E-state index is 0.0297. The Morgan fingerprint density at radius 2 is 1.23 bits per heavy atom. The lowest BCUT2D eigenvalue weighted by Gasteiger charge is -2.45. The summed E-state index contributed by atoms with van der Waals surface area (Å²) in [7, 11) is 3.06. The normalized spacial score (nSPS) is 28.0. The molecule has 3 fully saturated rings. The lowest BCUT2D eigenvalue weighted by atomic mass is 9.57. The number of phenolic OH excluding ortho intramolecular Hbond substituents is 4. The molecule has 7 rings (SSSR count). The van der Waals surface area contributed by atoms with Gasteiger partial charge in [0.15, 0.2) is 23.0 Å². The molecule has 2 aliphatic heterocycles. The third kappa shape index (κ3) is 5.15. The van der Waals surface area contributed by atoms with Gasteiger partial charge in [0.05, 0.1) is 32.5 Å². The van der Waals surface area contributed by atoms with E-state index >= 15 is 0 Å². The van der Waals surface area contributed by atoms with E-state index in [1.807, 2.05) is 56.3 Å². The lowest BCUT2D eigenvalue weighted by molar-refractivity contribution is -0.0212. The highest BCUT2D eigenvalue weighted by molar-refractivity contribution is 5.48. The molecule has 0 amide bonds. The van der Waals surface area contributed by atoms with Gasteiger partial charge in [-0.25, -0.2) is 0 Å². The van der Waals surface area contributed by atoms with Crippen LogP contribution < -0.4 is 9.47 Å². The summed E-state index contributed by atoms with van der Waals surface area (Å²) in [5.41, 5.74) is 5.65. The number of hydrogen-bond acceptors (Lipinski definition) is 8. The zero-order chi connectivity index (χ0) is 33.9. The van der Waals surface area contributed by atoms with Crippen LogP contribution in [0.1, 0.15) is 77.1 Å². The number of methoxy groups -OCH3 is 2. The second kappa shape index (κ2) is 12.1. The molecule has 2 heterocycles. The molecule has 8 nitrogen and oxygen atoms in total. The lowest BCUT2D eigenvalue weighted by Crippen LogP contribution is -2.37. The summed E-state index contributed by atoms with van der Waals surface area (Å²) >= 11 is 0. The molecular formula is C40H42O8. The van der Waals surface area contributed by atoms with E-state index in [0.717, 1.165) is 51.8 Å². The van der Waals surface area contributed by atoms with Crippen LogP contribution >= 0.6 is 0 Å². The summed E-state index contributed by atoms with van der Waals surface area (Å²) in [6.45, 7) is 8.49. The predicted octanol–water partition coefficient (Wildman–Crippen LogP) is 8.43. The Kier molecular flexibility index (Phi) is 8.04. The second-order valence-corrected chi connectivity index (χ2v) is 13.6. The van der Waals surface area contributed by atoms with Crippen LogP contribution in [0.15, 0.2) is 84.9 Å². The molecule has 1 aliphatic carbocycles. The van der Waals surface area contributed by atoms with Crippen molar-refractivity contribution in [2.24, 2.45) is 17.3 Å². The molecular weight excluding hydrogens is 608 g/mol. The van der Waals surface area contributed by atoms with Crippen molar-refractivity contribution in [2.75, 3.05) is 14.2 Å². The number of ether oxygens (including phenoxy) is 4. The molecule has 4 aromatic rings. The first-order valence-corrected chi connectivity index (χ1v) is 16.4. The Hall–Kier alpha value is -4.66. The fourth-order valence-corrected chi connectivity index (χ4v) is 8.45. The van der Waals surface area contributed by atoms with Crippen molar-refractivity contribution in [1.82, 2.24) is 0 Å². The minimum atomic E-state index is -0.513. The number of phenols is 4. The van der Waals surface area contributed by atoms with Gasteiger partial charge in [0.1, 0.15) is 17.6 Å². The first kappa shape index (κ1) is 31.9. The van der Waals surface area contributed by atoms with Crippen molar-refractivity contribution in [2.45, 2.75) is 57.5 Å². The molecule has 4 aromatic carbocycles. The highest BCUT2D eigenvalue weighted by Gasteiger charge is 2.60. The Morgan fingerprint density at radius 3 is 1.88 bits per heavy atom. The fourth-order valence-electron chi connectivity index (χ4n) is 8.45. The summed E-state index contributed by atoms with van der Waals surface area (Å²) in [5, 5.41) is 41.9. The van der Waals surface area contributed by atoms with E-state index in [1.54, 1.807) is 30.3 Å². The third-order valence-corrected chi connectivity index (χ3v) is 11.0. The second-order valence-electron chi connectivity index (χ2n) is 13.6. The zero-order valence-corrected chi connectivity index (χ0v) is 27.6. The van der Waals surface area contributed by atoms with Gasteiger partial charge in [-0.3, -0.25) is 0 Å². The maximum absolute atomic E-state index is 10.9. The predicted molar refractivity (Wildman–Crippen MR) is 181 cm³/mol. The summed E-state index contributed by atoms with van der Waals surface area (Å²) in [4.78, 5) is 0. The van der Waals surface area contributed by atoms with Crippen LogP contribution in [0.2, 0.25) is 0 Å². The van der Waals surface area contributed by atoms with Gasteiger partial charge in [0.2, 0.25) is 0 Å². The minimum Gasteiger partial charge on any atom is -0.508 e. The molecule has 1 spiro atoms. The zero-order valence-electron chi connectivity index (χ0n) is 27.6. The molecule has 2 unspecified atom stereocenters. The van der Waals surface area contributed by atoms with E-state index in [4.69, 9.17) is 25.5 Å². The molecule has 3 aliphatic rings. The van der Waals surface area contributed by atoms with Gasteiger partial charge in [-0.2, -0.15) is 0 Å². The van der Waals surface area contributed by atoms with Gasteiger partial charge >= 0.3 is 0 Å². The molecule has 7 atom stereocenters. The van der Waals surface area contributed by atoms with Crippen molar-refractivity contribution in [3.63, 3.8) is 0 Å². The number of aromatic hydroxyl groups is 4. The number of fused-ring (bicyclic) bond motifs is 1. The quantitative estimate of drug-likeness (QED) is 0.154. The smallest absolute Gasteiger partial charge is 0.160 e. The maximum Gasteiger partial charge on any atom is 0.160 e. The summed E-state index contributed by atoms with van der Waals surface area (Å²) < 4.78 is 24.9. The first-order valence-electron chi connectivity index (χ1n) is 16.4. The van der Waals surface area contributed by atoms with Crippen molar-refractivity contribution in [3.8, 4) is 34.5 Å². The van der Waals surface area contributed by atoms with Crippen LogP contribution in [0.25, 0.3) is 0 Å². The van der Waals surface area contributed by atoms with Crippen molar-refractivity contribution < 1.29 is 39.4 Å². The molecule has 48 heavy (non-hydrogen) atoms. The molecule has 2 saturated heterocycles. The highest BCUT2D eigenvalue weighted by Crippen LogP contribution is 2.69. The van der Waals surface area contributed by atoms with Crippen LogP contribution in [0.3, 0.4) is 0 Å². The molecule has 0 bridgehead atoms. The van der Waals surface area contributed by atoms with E-state index < -0.39 is 17.6 Å². The van der Waals surface area contributed by atoms with E-state index in [0.29, 0.717) is 17.9 Å². The molecule has 8 heteroatoms. The van der Waals surface area contributed by atoms with Crippen molar-refractivity contribution in [3.05, 3.63) is 118 Å². The maximum atomic E-state index is 10.9.